The lowest BCUT2D eigenvalue weighted by atomic mass is 9.77. The zero-order chi connectivity index (χ0) is 17.2. The molecule has 2 nitrogen and oxygen atoms in total. The lowest BCUT2D eigenvalue weighted by Crippen LogP contribution is -2.32. The zero-order valence-electron chi connectivity index (χ0n) is 14.2. The molecule has 2 aliphatic heterocycles. The molecule has 1 aromatic carbocycles. The van der Waals surface area contributed by atoms with Crippen molar-refractivity contribution < 1.29 is 4.39 Å². The van der Waals surface area contributed by atoms with Gasteiger partial charge in [0.15, 0.2) is 0 Å². The number of halogens is 1. The Balaban J connectivity index is 1.97. The second-order valence-electron chi connectivity index (χ2n) is 6.40. The molecule has 1 N–H and O–H groups in total. The molecule has 25 heavy (non-hydrogen) atoms. The Morgan fingerprint density at radius 2 is 2.08 bits per heavy atom. The maximum absolute atomic E-state index is 14.1. The van der Waals surface area contributed by atoms with Crippen molar-refractivity contribution in [2.45, 2.75) is 19.4 Å². The monoisotopic (exact) mass is 332 g/mol. The van der Waals surface area contributed by atoms with Crippen molar-refractivity contribution in [1.29, 1.82) is 0 Å². The summed E-state index contributed by atoms with van der Waals surface area (Å²) in [6.45, 7) is 2.92. The van der Waals surface area contributed by atoms with Crippen LogP contribution in [0.15, 0.2) is 88.9 Å². The smallest absolute Gasteiger partial charge is 0.119 e. The van der Waals surface area contributed by atoms with Crippen molar-refractivity contribution in [1.82, 2.24) is 5.32 Å². The van der Waals surface area contributed by atoms with Crippen LogP contribution in [-0.4, -0.2) is 18.3 Å². The molecular formula is C22H21FN2. The van der Waals surface area contributed by atoms with Gasteiger partial charge < -0.3 is 5.32 Å². The highest BCUT2D eigenvalue weighted by atomic mass is 19.1. The summed E-state index contributed by atoms with van der Waals surface area (Å²) < 4.78 is 14.1. The number of allylic oxidation sites excluding steroid dienone is 6. The van der Waals surface area contributed by atoms with Crippen LogP contribution in [0.2, 0.25) is 0 Å². The highest BCUT2D eigenvalue weighted by molar-refractivity contribution is 6.26. The van der Waals surface area contributed by atoms with Crippen LogP contribution in [0.25, 0.3) is 5.57 Å². The standard InChI is InChI=1S/C22H21FN2/c1-2-18-21(15-8-4-3-5-9-15)22(20-10-6-7-13-24-20)17-14-16(23)11-12-19(17)25-18/h3-12,14,17,19,24H,2,13H2,1H3. The summed E-state index contributed by atoms with van der Waals surface area (Å²) in [5.74, 6) is -0.269. The van der Waals surface area contributed by atoms with Crippen LogP contribution in [0.5, 0.6) is 0 Å². The molecule has 0 aromatic heterocycles. The minimum atomic E-state index is -0.187. The molecule has 4 rings (SSSR count). The van der Waals surface area contributed by atoms with E-state index in [1.54, 1.807) is 6.08 Å². The second kappa shape index (κ2) is 6.67. The molecular weight excluding hydrogens is 311 g/mol. The Morgan fingerprint density at radius 3 is 2.80 bits per heavy atom. The number of nitrogens with one attached hydrogen (secondary N) is 1. The van der Waals surface area contributed by atoms with Crippen LogP contribution in [-0.2, 0) is 0 Å². The molecule has 2 unspecified atom stereocenters. The van der Waals surface area contributed by atoms with Crippen molar-refractivity contribution in [3.8, 4) is 0 Å². The molecule has 126 valence electrons. The molecule has 1 aromatic rings. The van der Waals surface area contributed by atoms with Crippen molar-refractivity contribution in [3.63, 3.8) is 0 Å². The molecule has 3 aliphatic rings. The molecule has 3 heteroatoms. The number of hydrogen-bond acceptors (Lipinski definition) is 2. The molecule has 0 amide bonds. The SMILES string of the molecule is CCC1=NC2C=CC(F)=CC2C(C2=CC=CCN2)=C1c1ccccc1. The van der Waals surface area contributed by atoms with E-state index in [4.69, 9.17) is 4.99 Å². The molecule has 0 saturated heterocycles. The van der Waals surface area contributed by atoms with Crippen LogP contribution in [0.4, 0.5) is 4.39 Å². The molecule has 1 aliphatic carbocycles. The van der Waals surface area contributed by atoms with E-state index in [0.29, 0.717) is 0 Å². The summed E-state index contributed by atoms with van der Waals surface area (Å²) in [7, 11) is 0. The number of dihydropyridines is 2. The predicted octanol–water partition coefficient (Wildman–Crippen LogP) is 4.76. The molecule has 0 saturated carbocycles. The zero-order valence-corrected chi connectivity index (χ0v) is 14.2. The second-order valence-corrected chi connectivity index (χ2v) is 6.40. The minimum absolute atomic E-state index is 0.0366. The maximum Gasteiger partial charge on any atom is 0.119 e. The van der Waals surface area contributed by atoms with Crippen molar-refractivity contribution in [3.05, 3.63) is 89.4 Å². The van der Waals surface area contributed by atoms with Crippen molar-refractivity contribution >= 4 is 11.3 Å². The first-order chi connectivity index (χ1) is 12.3. The summed E-state index contributed by atoms with van der Waals surface area (Å²) in [6.07, 6.45) is 12.2. The average Bonchev–Trinajstić information content (AvgIpc) is 2.68. The Labute approximate surface area is 147 Å². The van der Waals surface area contributed by atoms with E-state index in [1.165, 1.54) is 6.08 Å². The van der Waals surface area contributed by atoms with E-state index in [-0.39, 0.29) is 17.8 Å². The number of rotatable bonds is 3. The van der Waals surface area contributed by atoms with E-state index in [1.807, 2.05) is 24.3 Å². The van der Waals surface area contributed by atoms with Crippen LogP contribution >= 0.6 is 0 Å². The average molecular weight is 332 g/mol. The van der Waals surface area contributed by atoms with Gasteiger partial charge in [0.2, 0.25) is 0 Å². The van der Waals surface area contributed by atoms with Gasteiger partial charge in [0, 0.05) is 29.4 Å². The number of fused-ring (bicyclic) bond motifs is 1. The first kappa shape index (κ1) is 15.8. The number of aliphatic imine (C=N–C) groups is 1. The van der Waals surface area contributed by atoms with E-state index in [9.17, 15) is 4.39 Å². The predicted molar refractivity (Wildman–Crippen MR) is 102 cm³/mol. The minimum Gasteiger partial charge on any atom is -0.381 e. The molecule has 2 atom stereocenters. The van der Waals surface area contributed by atoms with Gasteiger partial charge in [0.1, 0.15) is 5.83 Å². The van der Waals surface area contributed by atoms with Gasteiger partial charge in [-0.3, -0.25) is 4.99 Å². The van der Waals surface area contributed by atoms with Crippen molar-refractivity contribution in [2.75, 3.05) is 6.54 Å². The van der Waals surface area contributed by atoms with Crippen LogP contribution < -0.4 is 5.32 Å². The van der Waals surface area contributed by atoms with Crippen molar-refractivity contribution in [2.24, 2.45) is 10.9 Å². The number of nitrogens with zero attached hydrogens (tertiary/aromatic N) is 1. The number of benzene rings is 1. The molecule has 0 fully saturated rings. The van der Waals surface area contributed by atoms with E-state index >= 15 is 0 Å². The van der Waals surface area contributed by atoms with Crippen LogP contribution in [0.3, 0.4) is 0 Å². The van der Waals surface area contributed by atoms with Gasteiger partial charge in [-0.2, -0.15) is 0 Å². The first-order valence-electron chi connectivity index (χ1n) is 8.81. The van der Waals surface area contributed by atoms with Gasteiger partial charge in [-0.05, 0) is 35.8 Å². The first-order valence-corrected chi connectivity index (χ1v) is 8.81. The quantitative estimate of drug-likeness (QED) is 0.848. The summed E-state index contributed by atoms with van der Waals surface area (Å²) in [4.78, 5) is 4.95. The van der Waals surface area contributed by atoms with Gasteiger partial charge in [-0.1, -0.05) is 55.5 Å². The largest absolute Gasteiger partial charge is 0.381 e. The van der Waals surface area contributed by atoms with Gasteiger partial charge in [0.05, 0.1) is 6.04 Å². The summed E-state index contributed by atoms with van der Waals surface area (Å²) in [6, 6.07) is 10.3. The van der Waals surface area contributed by atoms with E-state index < -0.39 is 0 Å². The summed E-state index contributed by atoms with van der Waals surface area (Å²) in [5, 5.41) is 3.47. The maximum atomic E-state index is 14.1. The fourth-order valence-corrected chi connectivity index (χ4v) is 3.73. The topological polar surface area (TPSA) is 24.4 Å². The molecule has 0 bridgehead atoms. The highest BCUT2D eigenvalue weighted by Crippen LogP contribution is 2.41. The molecule has 0 radical (unpaired) electrons. The van der Waals surface area contributed by atoms with Crippen LogP contribution in [0.1, 0.15) is 18.9 Å². The van der Waals surface area contributed by atoms with Gasteiger partial charge in [0.25, 0.3) is 0 Å². The Morgan fingerprint density at radius 1 is 1.24 bits per heavy atom. The third-order valence-corrected chi connectivity index (χ3v) is 4.85. The summed E-state index contributed by atoms with van der Waals surface area (Å²) >= 11 is 0. The van der Waals surface area contributed by atoms with E-state index in [2.05, 4.69) is 42.6 Å². The lowest BCUT2D eigenvalue weighted by Gasteiger charge is -2.34. The molecule has 2 heterocycles. The number of hydrogen-bond donors (Lipinski definition) is 1. The van der Waals surface area contributed by atoms with Crippen LogP contribution in [0, 0.1) is 5.92 Å². The third kappa shape index (κ3) is 2.91. The Kier molecular flexibility index (Phi) is 4.22. The fraction of sp³-hybridized carbons (Fsp3) is 0.227. The Hall–Kier alpha value is -2.68. The third-order valence-electron chi connectivity index (χ3n) is 4.85. The van der Waals surface area contributed by atoms with Gasteiger partial charge in [-0.15, -0.1) is 0 Å². The van der Waals surface area contributed by atoms with Gasteiger partial charge >= 0.3 is 0 Å². The fourth-order valence-electron chi connectivity index (χ4n) is 3.73. The van der Waals surface area contributed by atoms with Gasteiger partial charge in [-0.25, -0.2) is 4.39 Å². The Bertz CT molecular complexity index is 853. The highest BCUT2D eigenvalue weighted by Gasteiger charge is 2.34. The summed E-state index contributed by atoms with van der Waals surface area (Å²) in [5.41, 5.74) is 5.57. The lowest BCUT2D eigenvalue weighted by molar-refractivity contribution is 0.582. The van der Waals surface area contributed by atoms with E-state index in [0.717, 1.165) is 41.1 Å². The molecule has 0 spiro atoms. The normalized spacial score (nSPS) is 25.0.